The van der Waals surface area contributed by atoms with E-state index in [-0.39, 0.29) is 16.6 Å². The maximum absolute atomic E-state index is 13.8. The quantitative estimate of drug-likeness (QED) is 0.617. The van der Waals surface area contributed by atoms with Crippen LogP contribution in [-0.2, 0) is 9.59 Å². The Balaban J connectivity index is 1.92. The van der Waals surface area contributed by atoms with Crippen LogP contribution in [0.3, 0.4) is 0 Å². The summed E-state index contributed by atoms with van der Waals surface area (Å²) in [6, 6.07) is 6.86. The van der Waals surface area contributed by atoms with Crippen molar-refractivity contribution < 1.29 is 23.8 Å². The Labute approximate surface area is 172 Å². The summed E-state index contributed by atoms with van der Waals surface area (Å²) in [5, 5.41) is 10.2. The number of ether oxygens (including phenoxy) is 1. The molecular weight excluding hydrogens is 430 g/mol. The normalized spacial score (nSPS) is 18.9. The molecule has 0 saturated carbocycles. The van der Waals surface area contributed by atoms with Crippen LogP contribution >= 0.6 is 34.5 Å². The minimum Gasteiger partial charge on any atom is -0.481 e. The number of aromatic nitrogens is 1. The standard InChI is InChI=1S/C18H11Cl2FN2O4S/c1-18(7-14(24)25)16(26)23(11-3-2-9(21)6-12(11)27-18)17-22-15-10(20)4-8(19)5-13(15)28-17/h2-6H,7H2,1H3,(H,24,25). The van der Waals surface area contributed by atoms with E-state index in [9.17, 15) is 19.1 Å². The summed E-state index contributed by atoms with van der Waals surface area (Å²) in [6.45, 7) is 1.35. The lowest BCUT2D eigenvalue weighted by molar-refractivity contribution is -0.148. The number of nitrogens with zero attached hydrogens (tertiary/aromatic N) is 2. The topological polar surface area (TPSA) is 79.7 Å². The van der Waals surface area contributed by atoms with E-state index in [1.807, 2.05) is 0 Å². The Kier molecular flexibility index (Phi) is 4.45. The highest BCUT2D eigenvalue weighted by Crippen LogP contribution is 2.46. The maximum Gasteiger partial charge on any atom is 0.307 e. The number of benzene rings is 2. The molecular formula is C18H11Cl2FN2O4S. The minimum absolute atomic E-state index is 0.0479. The van der Waals surface area contributed by atoms with Gasteiger partial charge in [0.05, 0.1) is 21.8 Å². The van der Waals surface area contributed by atoms with Crippen LogP contribution in [0.5, 0.6) is 5.75 Å². The van der Waals surface area contributed by atoms with Gasteiger partial charge in [0.25, 0.3) is 5.91 Å². The summed E-state index contributed by atoms with van der Waals surface area (Å²) in [5.74, 6) is -2.39. The first kappa shape index (κ1) is 18.9. The molecule has 28 heavy (non-hydrogen) atoms. The molecule has 1 aromatic heterocycles. The second-order valence-electron chi connectivity index (χ2n) is 6.39. The number of fused-ring (bicyclic) bond motifs is 2. The third-order valence-electron chi connectivity index (χ3n) is 4.24. The molecule has 10 heteroatoms. The molecule has 2 aromatic carbocycles. The molecule has 144 valence electrons. The Morgan fingerprint density at radius 2 is 2.11 bits per heavy atom. The van der Waals surface area contributed by atoms with Crippen LogP contribution in [0.1, 0.15) is 13.3 Å². The number of carbonyl (C=O) groups excluding carboxylic acids is 1. The second kappa shape index (κ2) is 6.58. The Hall–Kier alpha value is -2.42. The number of hydrogen-bond donors (Lipinski definition) is 1. The van der Waals surface area contributed by atoms with Crippen LogP contribution < -0.4 is 9.64 Å². The van der Waals surface area contributed by atoms with E-state index in [0.29, 0.717) is 20.3 Å². The molecule has 0 saturated heterocycles. The summed E-state index contributed by atoms with van der Waals surface area (Å²) in [5.41, 5.74) is -1.02. The zero-order valence-electron chi connectivity index (χ0n) is 14.2. The molecule has 1 aliphatic heterocycles. The smallest absolute Gasteiger partial charge is 0.307 e. The van der Waals surface area contributed by atoms with Crippen molar-refractivity contribution in [3.8, 4) is 5.75 Å². The predicted molar refractivity (Wildman–Crippen MR) is 104 cm³/mol. The number of rotatable bonds is 3. The Morgan fingerprint density at radius 1 is 1.36 bits per heavy atom. The lowest BCUT2D eigenvalue weighted by Crippen LogP contribution is -2.53. The van der Waals surface area contributed by atoms with Crippen molar-refractivity contribution in [2.24, 2.45) is 0 Å². The number of aliphatic carboxylic acids is 1. The summed E-state index contributed by atoms with van der Waals surface area (Å²) in [6.07, 6.45) is -0.601. The van der Waals surface area contributed by atoms with Crippen molar-refractivity contribution >= 4 is 67.5 Å². The van der Waals surface area contributed by atoms with Gasteiger partial charge in [-0.2, -0.15) is 0 Å². The molecule has 4 rings (SSSR count). The van der Waals surface area contributed by atoms with E-state index in [1.54, 1.807) is 6.07 Å². The van der Waals surface area contributed by atoms with Gasteiger partial charge in [-0.05, 0) is 31.2 Å². The third-order valence-corrected chi connectivity index (χ3v) is 5.73. The minimum atomic E-state index is -1.73. The van der Waals surface area contributed by atoms with Crippen LogP contribution in [0, 0.1) is 5.82 Å². The van der Waals surface area contributed by atoms with Crippen molar-refractivity contribution in [2.75, 3.05) is 4.90 Å². The van der Waals surface area contributed by atoms with Crippen LogP contribution in [0.25, 0.3) is 10.2 Å². The number of thiazole rings is 1. The highest BCUT2D eigenvalue weighted by molar-refractivity contribution is 7.22. The molecule has 0 bridgehead atoms. The van der Waals surface area contributed by atoms with E-state index in [4.69, 9.17) is 27.9 Å². The van der Waals surface area contributed by atoms with Crippen molar-refractivity contribution in [1.29, 1.82) is 0 Å². The molecule has 1 amide bonds. The first-order valence-electron chi connectivity index (χ1n) is 7.98. The predicted octanol–water partition coefficient (Wildman–Crippen LogP) is 5.03. The summed E-state index contributed by atoms with van der Waals surface area (Å²) in [7, 11) is 0. The number of halogens is 3. The van der Waals surface area contributed by atoms with Gasteiger partial charge < -0.3 is 9.84 Å². The highest BCUT2D eigenvalue weighted by Gasteiger charge is 2.48. The zero-order valence-corrected chi connectivity index (χ0v) is 16.5. The van der Waals surface area contributed by atoms with Crippen LogP contribution in [0.4, 0.5) is 15.2 Å². The Bertz CT molecular complexity index is 1150. The molecule has 3 aromatic rings. The largest absolute Gasteiger partial charge is 0.481 e. The molecule has 1 aliphatic rings. The van der Waals surface area contributed by atoms with Gasteiger partial charge in [0.2, 0.25) is 0 Å². The van der Waals surface area contributed by atoms with Gasteiger partial charge in [-0.25, -0.2) is 14.3 Å². The van der Waals surface area contributed by atoms with Gasteiger partial charge in [0, 0.05) is 11.1 Å². The number of anilines is 2. The fourth-order valence-corrected chi connectivity index (χ4v) is 4.72. The first-order chi connectivity index (χ1) is 13.2. The van der Waals surface area contributed by atoms with E-state index >= 15 is 0 Å². The summed E-state index contributed by atoms with van der Waals surface area (Å²) < 4.78 is 20.0. The second-order valence-corrected chi connectivity index (χ2v) is 8.24. The summed E-state index contributed by atoms with van der Waals surface area (Å²) >= 11 is 13.4. The van der Waals surface area contributed by atoms with E-state index in [2.05, 4.69) is 4.98 Å². The average Bonchev–Trinajstić information content (AvgIpc) is 2.99. The average molecular weight is 441 g/mol. The number of carboxylic acid groups (broad SMARTS) is 1. The number of carbonyl (C=O) groups is 2. The van der Waals surface area contributed by atoms with Gasteiger partial charge >= 0.3 is 5.97 Å². The zero-order chi connectivity index (χ0) is 20.2. The van der Waals surface area contributed by atoms with Gasteiger partial charge in [0.1, 0.15) is 17.1 Å². The van der Waals surface area contributed by atoms with Crippen LogP contribution in [-0.4, -0.2) is 27.6 Å². The fraction of sp³-hybridized carbons (Fsp3) is 0.167. The number of hydrogen-bond acceptors (Lipinski definition) is 5. The third kappa shape index (κ3) is 3.07. The van der Waals surface area contributed by atoms with E-state index in [0.717, 1.165) is 17.4 Å². The lowest BCUT2D eigenvalue weighted by atomic mass is 9.97. The van der Waals surface area contributed by atoms with Gasteiger partial charge in [0.15, 0.2) is 10.7 Å². The molecule has 0 spiro atoms. The van der Waals surface area contributed by atoms with Crippen LogP contribution in [0.2, 0.25) is 10.0 Å². The van der Waals surface area contributed by atoms with E-state index in [1.165, 1.54) is 30.0 Å². The van der Waals surface area contributed by atoms with E-state index < -0.39 is 29.7 Å². The number of carboxylic acids is 1. The van der Waals surface area contributed by atoms with Crippen molar-refractivity contribution in [3.63, 3.8) is 0 Å². The molecule has 0 aliphatic carbocycles. The molecule has 0 radical (unpaired) electrons. The molecule has 1 atom stereocenters. The SMILES string of the molecule is CC1(CC(=O)O)Oc2cc(F)ccc2N(c2nc3c(Cl)cc(Cl)cc3s2)C1=O. The molecule has 6 nitrogen and oxygen atoms in total. The van der Waals surface area contributed by atoms with Gasteiger partial charge in [-0.1, -0.05) is 34.5 Å². The molecule has 1 N–H and O–H groups in total. The molecule has 1 unspecified atom stereocenters. The van der Waals surface area contributed by atoms with Crippen molar-refractivity contribution in [3.05, 3.63) is 46.2 Å². The fourth-order valence-electron chi connectivity index (χ4n) is 3.02. The van der Waals surface area contributed by atoms with Crippen molar-refractivity contribution in [2.45, 2.75) is 18.9 Å². The summed E-state index contributed by atoms with van der Waals surface area (Å²) in [4.78, 5) is 30.2. The van der Waals surface area contributed by atoms with Gasteiger partial charge in [-0.3, -0.25) is 9.59 Å². The Morgan fingerprint density at radius 3 is 2.82 bits per heavy atom. The molecule has 0 fully saturated rings. The maximum atomic E-state index is 13.8. The van der Waals surface area contributed by atoms with Crippen LogP contribution in [0.15, 0.2) is 30.3 Å². The van der Waals surface area contributed by atoms with Gasteiger partial charge in [-0.15, -0.1) is 0 Å². The van der Waals surface area contributed by atoms with Crippen molar-refractivity contribution in [1.82, 2.24) is 4.98 Å². The number of amides is 1. The molecule has 2 heterocycles. The monoisotopic (exact) mass is 440 g/mol. The lowest BCUT2D eigenvalue weighted by Gasteiger charge is -2.38. The highest BCUT2D eigenvalue weighted by atomic mass is 35.5. The first-order valence-corrected chi connectivity index (χ1v) is 9.56.